The van der Waals surface area contributed by atoms with E-state index in [1.807, 2.05) is 17.0 Å². The lowest BCUT2D eigenvalue weighted by Gasteiger charge is -2.40. The number of carbonyl (C=O) groups excluding carboxylic acids is 1. The summed E-state index contributed by atoms with van der Waals surface area (Å²) in [6.07, 6.45) is 0.939. The zero-order chi connectivity index (χ0) is 11.1. The highest BCUT2D eigenvalue weighted by Crippen LogP contribution is 2.32. The van der Waals surface area contributed by atoms with Crippen molar-refractivity contribution < 1.29 is 4.79 Å². The Balaban J connectivity index is 0.00000108. The van der Waals surface area contributed by atoms with Crippen molar-refractivity contribution in [3.05, 3.63) is 34.3 Å². The number of benzene rings is 1. The minimum absolute atomic E-state index is 0. The third-order valence-electron chi connectivity index (χ3n) is 3.40. The van der Waals surface area contributed by atoms with Crippen molar-refractivity contribution in [3.8, 4) is 0 Å². The highest BCUT2D eigenvalue weighted by atomic mass is 35.5. The largest absolute Gasteiger partial charge is 0.333 e. The molecule has 2 aliphatic rings. The second kappa shape index (κ2) is 4.84. The minimum Gasteiger partial charge on any atom is -0.333 e. The molecule has 1 saturated heterocycles. The van der Waals surface area contributed by atoms with Crippen LogP contribution in [0.3, 0.4) is 0 Å². The molecule has 0 aromatic heterocycles. The number of nitrogens with zero attached hydrogens (tertiary/aromatic N) is 1. The average Bonchev–Trinajstić information content (AvgIpc) is 2.29. The Hall–Kier alpha value is -0.770. The van der Waals surface area contributed by atoms with Crippen LogP contribution in [0.4, 0.5) is 0 Å². The maximum absolute atomic E-state index is 11.8. The Morgan fingerprint density at radius 1 is 1.41 bits per heavy atom. The lowest BCUT2D eigenvalue weighted by molar-refractivity contribution is -0.135. The van der Waals surface area contributed by atoms with Crippen LogP contribution in [0, 0.1) is 0 Å². The number of carbonyl (C=O) groups is 1. The first kappa shape index (κ1) is 12.7. The molecule has 1 aromatic rings. The first-order valence-corrected chi connectivity index (χ1v) is 5.92. The molecule has 1 N–H and O–H groups in total. The summed E-state index contributed by atoms with van der Waals surface area (Å²) in [5, 5.41) is 3.91. The number of nitrogens with one attached hydrogen (secondary N) is 1. The van der Waals surface area contributed by atoms with E-state index < -0.39 is 0 Å². The molecule has 2 heterocycles. The standard InChI is InChI=1S/C12H13ClN2O.ClH/c13-9-2-1-8-3-4-15-11(10(8)5-9)6-14-7-12(15)16;/h1-2,5,11,14H,3-4,6-7H2;1H. The van der Waals surface area contributed by atoms with Crippen LogP contribution in [0.1, 0.15) is 17.2 Å². The number of rotatable bonds is 0. The molecule has 1 fully saturated rings. The Labute approximate surface area is 112 Å². The van der Waals surface area contributed by atoms with Gasteiger partial charge in [-0.2, -0.15) is 0 Å². The number of hydrogen-bond acceptors (Lipinski definition) is 2. The van der Waals surface area contributed by atoms with Crippen molar-refractivity contribution in [2.75, 3.05) is 19.6 Å². The first-order valence-electron chi connectivity index (χ1n) is 5.54. The summed E-state index contributed by atoms with van der Waals surface area (Å²) < 4.78 is 0. The van der Waals surface area contributed by atoms with E-state index in [0.717, 1.165) is 24.5 Å². The molecule has 17 heavy (non-hydrogen) atoms. The molecule has 1 aromatic carbocycles. The molecule has 2 aliphatic heterocycles. The van der Waals surface area contributed by atoms with Crippen LogP contribution in [0.15, 0.2) is 18.2 Å². The molecule has 3 nitrogen and oxygen atoms in total. The monoisotopic (exact) mass is 272 g/mol. The van der Waals surface area contributed by atoms with Crippen molar-refractivity contribution in [1.82, 2.24) is 10.2 Å². The first-order chi connectivity index (χ1) is 7.75. The van der Waals surface area contributed by atoms with Crippen molar-refractivity contribution in [2.24, 2.45) is 0 Å². The summed E-state index contributed by atoms with van der Waals surface area (Å²) in [5.41, 5.74) is 2.53. The van der Waals surface area contributed by atoms with Gasteiger partial charge in [0, 0.05) is 18.1 Å². The molecule has 1 unspecified atom stereocenters. The van der Waals surface area contributed by atoms with Crippen LogP contribution in [-0.4, -0.2) is 30.4 Å². The van der Waals surface area contributed by atoms with E-state index in [0.29, 0.717) is 6.54 Å². The zero-order valence-corrected chi connectivity index (χ0v) is 10.9. The van der Waals surface area contributed by atoms with Crippen LogP contribution in [0.5, 0.6) is 0 Å². The van der Waals surface area contributed by atoms with Gasteiger partial charge >= 0.3 is 0 Å². The summed E-state index contributed by atoms with van der Waals surface area (Å²) >= 11 is 6.02. The predicted molar refractivity (Wildman–Crippen MR) is 69.7 cm³/mol. The van der Waals surface area contributed by atoms with Gasteiger partial charge in [0.05, 0.1) is 12.6 Å². The SMILES string of the molecule is Cl.O=C1CNCC2c3cc(Cl)ccc3CCN12. The van der Waals surface area contributed by atoms with Gasteiger partial charge in [-0.3, -0.25) is 4.79 Å². The van der Waals surface area contributed by atoms with Gasteiger partial charge in [-0.15, -0.1) is 12.4 Å². The Kier molecular flexibility index (Phi) is 3.61. The van der Waals surface area contributed by atoms with Crippen molar-refractivity contribution in [2.45, 2.75) is 12.5 Å². The molecule has 0 saturated carbocycles. The van der Waals surface area contributed by atoms with Gasteiger partial charge in [-0.05, 0) is 29.7 Å². The van der Waals surface area contributed by atoms with Gasteiger partial charge in [-0.1, -0.05) is 17.7 Å². The maximum Gasteiger partial charge on any atom is 0.237 e. The molecule has 1 atom stereocenters. The summed E-state index contributed by atoms with van der Waals surface area (Å²) in [6, 6.07) is 6.17. The van der Waals surface area contributed by atoms with Crippen LogP contribution in [-0.2, 0) is 11.2 Å². The maximum atomic E-state index is 11.8. The van der Waals surface area contributed by atoms with Crippen molar-refractivity contribution in [1.29, 1.82) is 0 Å². The molecule has 0 aliphatic carbocycles. The molecular weight excluding hydrogens is 259 g/mol. The predicted octanol–water partition coefficient (Wildman–Crippen LogP) is 1.79. The van der Waals surface area contributed by atoms with E-state index in [2.05, 4.69) is 11.4 Å². The van der Waals surface area contributed by atoms with Gasteiger partial charge in [0.15, 0.2) is 0 Å². The van der Waals surface area contributed by atoms with Gasteiger partial charge < -0.3 is 10.2 Å². The minimum atomic E-state index is 0. The fraction of sp³-hybridized carbons (Fsp3) is 0.417. The highest BCUT2D eigenvalue weighted by molar-refractivity contribution is 6.30. The van der Waals surface area contributed by atoms with Gasteiger partial charge in [0.2, 0.25) is 5.91 Å². The molecule has 1 amide bonds. The van der Waals surface area contributed by atoms with Gasteiger partial charge in [0.1, 0.15) is 0 Å². The summed E-state index contributed by atoms with van der Waals surface area (Å²) in [6.45, 7) is 2.13. The fourth-order valence-corrected chi connectivity index (χ4v) is 2.78. The number of halogens is 2. The quantitative estimate of drug-likeness (QED) is 0.781. The van der Waals surface area contributed by atoms with Gasteiger partial charge in [0.25, 0.3) is 0 Å². The number of hydrogen-bond donors (Lipinski definition) is 1. The van der Waals surface area contributed by atoms with Crippen LogP contribution < -0.4 is 5.32 Å². The fourth-order valence-electron chi connectivity index (χ4n) is 2.60. The molecule has 3 rings (SSSR count). The number of piperazine rings is 1. The molecule has 0 radical (unpaired) electrons. The van der Waals surface area contributed by atoms with E-state index in [-0.39, 0.29) is 24.4 Å². The zero-order valence-electron chi connectivity index (χ0n) is 9.28. The molecule has 0 spiro atoms. The summed E-state index contributed by atoms with van der Waals surface area (Å²) in [7, 11) is 0. The lowest BCUT2D eigenvalue weighted by Crippen LogP contribution is -2.52. The van der Waals surface area contributed by atoms with E-state index >= 15 is 0 Å². The number of amides is 1. The third kappa shape index (κ3) is 2.15. The highest BCUT2D eigenvalue weighted by Gasteiger charge is 2.33. The summed E-state index contributed by atoms with van der Waals surface area (Å²) in [4.78, 5) is 13.7. The van der Waals surface area contributed by atoms with E-state index in [9.17, 15) is 4.79 Å². The normalized spacial score (nSPS) is 22.5. The topological polar surface area (TPSA) is 32.3 Å². The van der Waals surface area contributed by atoms with Crippen molar-refractivity contribution >= 4 is 29.9 Å². The van der Waals surface area contributed by atoms with E-state index in [4.69, 9.17) is 11.6 Å². The molecule has 0 bridgehead atoms. The lowest BCUT2D eigenvalue weighted by atomic mass is 9.91. The Bertz CT molecular complexity index is 450. The van der Waals surface area contributed by atoms with Gasteiger partial charge in [-0.25, -0.2) is 0 Å². The van der Waals surface area contributed by atoms with Crippen LogP contribution >= 0.6 is 24.0 Å². The van der Waals surface area contributed by atoms with Crippen LogP contribution in [0.2, 0.25) is 5.02 Å². The molecule has 5 heteroatoms. The Morgan fingerprint density at radius 2 is 2.24 bits per heavy atom. The Morgan fingerprint density at radius 3 is 3.06 bits per heavy atom. The second-order valence-electron chi connectivity index (χ2n) is 4.33. The summed E-state index contributed by atoms with van der Waals surface area (Å²) in [5.74, 6) is 0.196. The molecular formula is C12H14Cl2N2O. The van der Waals surface area contributed by atoms with Crippen molar-refractivity contribution in [3.63, 3.8) is 0 Å². The van der Waals surface area contributed by atoms with E-state index in [1.165, 1.54) is 11.1 Å². The molecule has 92 valence electrons. The smallest absolute Gasteiger partial charge is 0.237 e. The van der Waals surface area contributed by atoms with Crippen LogP contribution in [0.25, 0.3) is 0 Å². The average molecular weight is 273 g/mol. The third-order valence-corrected chi connectivity index (χ3v) is 3.63. The number of fused-ring (bicyclic) bond motifs is 3. The van der Waals surface area contributed by atoms with E-state index in [1.54, 1.807) is 0 Å². The second-order valence-corrected chi connectivity index (χ2v) is 4.76.